The number of nitriles is 1. The largest absolute Gasteiger partial charge is 0.378 e. The molecular weight excluding hydrogens is 224 g/mol. The Balaban J connectivity index is 2.12. The SMILES string of the molecule is CC(C)(C#N)CCCCOC1CCCCC1CN. The van der Waals surface area contributed by atoms with Gasteiger partial charge in [0.05, 0.1) is 17.6 Å². The second kappa shape index (κ2) is 7.76. The number of nitrogens with two attached hydrogens (primary N) is 1. The van der Waals surface area contributed by atoms with Crippen molar-refractivity contribution in [3.63, 3.8) is 0 Å². The highest BCUT2D eigenvalue weighted by atomic mass is 16.5. The number of hydrogen-bond donors (Lipinski definition) is 1. The second-order valence-electron chi connectivity index (χ2n) is 6.14. The summed E-state index contributed by atoms with van der Waals surface area (Å²) >= 11 is 0. The summed E-state index contributed by atoms with van der Waals surface area (Å²) in [5.74, 6) is 0.564. The van der Waals surface area contributed by atoms with Crippen LogP contribution in [0.5, 0.6) is 0 Å². The Morgan fingerprint density at radius 3 is 2.67 bits per heavy atom. The molecule has 0 aliphatic heterocycles. The molecule has 0 aromatic carbocycles. The van der Waals surface area contributed by atoms with Crippen LogP contribution in [0.15, 0.2) is 0 Å². The summed E-state index contributed by atoms with van der Waals surface area (Å²) < 4.78 is 5.97. The summed E-state index contributed by atoms with van der Waals surface area (Å²) in [6, 6.07) is 2.34. The van der Waals surface area contributed by atoms with Gasteiger partial charge in [-0.25, -0.2) is 0 Å². The molecule has 1 aliphatic rings. The molecule has 1 saturated carbocycles. The van der Waals surface area contributed by atoms with Crippen LogP contribution in [0, 0.1) is 22.7 Å². The highest BCUT2D eigenvalue weighted by Gasteiger charge is 2.24. The molecule has 1 aliphatic carbocycles. The van der Waals surface area contributed by atoms with Gasteiger partial charge in [-0.15, -0.1) is 0 Å². The fourth-order valence-electron chi connectivity index (χ4n) is 2.62. The van der Waals surface area contributed by atoms with Crippen molar-refractivity contribution >= 4 is 0 Å². The second-order valence-corrected chi connectivity index (χ2v) is 6.14. The summed E-state index contributed by atoms with van der Waals surface area (Å²) in [6.45, 7) is 5.58. The summed E-state index contributed by atoms with van der Waals surface area (Å²) in [5, 5.41) is 8.93. The molecule has 0 bridgehead atoms. The lowest BCUT2D eigenvalue weighted by Crippen LogP contribution is -2.33. The van der Waals surface area contributed by atoms with Gasteiger partial charge >= 0.3 is 0 Å². The van der Waals surface area contributed by atoms with Crippen LogP contribution in [-0.2, 0) is 4.74 Å². The standard InChI is InChI=1S/C15H28N2O/c1-15(2,12-17)9-5-6-10-18-14-8-4-3-7-13(14)11-16/h13-14H,3-11,16H2,1-2H3. The molecule has 1 rings (SSSR count). The minimum atomic E-state index is -0.190. The summed E-state index contributed by atoms with van der Waals surface area (Å²) in [4.78, 5) is 0. The molecule has 2 N–H and O–H groups in total. The van der Waals surface area contributed by atoms with E-state index in [1.807, 2.05) is 13.8 Å². The van der Waals surface area contributed by atoms with Gasteiger partial charge in [-0.05, 0) is 58.4 Å². The third-order valence-corrected chi connectivity index (χ3v) is 3.97. The van der Waals surface area contributed by atoms with Crippen LogP contribution < -0.4 is 5.73 Å². The van der Waals surface area contributed by atoms with Crippen LogP contribution in [0.4, 0.5) is 0 Å². The molecule has 0 saturated heterocycles. The summed E-state index contributed by atoms with van der Waals surface area (Å²) in [6.07, 6.45) is 8.44. The lowest BCUT2D eigenvalue weighted by Gasteiger charge is -2.30. The highest BCUT2D eigenvalue weighted by Crippen LogP contribution is 2.26. The molecule has 0 spiro atoms. The van der Waals surface area contributed by atoms with E-state index in [4.69, 9.17) is 15.7 Å². The summed E-state index contributed by atoms with van der Waals surface area (Å²) in [7, 11) is 0. The van der Waals surface area contributed by atoms with Crippen LogP contribution in [-0.4, -0.2) is 19.3 Å². The normalized spacial score (nSPS) is 24.8. The van der Waals surface area contributed by atoms with E-state index >= 15 is 0 Å². The molecule has 3 nitrogen and oxygen atoms in total. The first-order chi connectivity index (χ1) is 8.59. The monoisotopic (exact) mass is 252 g/mol. The van der Waals surface area contributed by atoms with Gasteiger partial charge in [0.15, 0.2) is 0 Å². The number of rotatable bonds is 7. The fraction of sp³-hybridized carbons (Fsp3) is 0.933. The van der Waals surface area contributed by atoms with Crippen LogP contribution in [0.1, 0.15) is 58.8 Å². The van der Waals surface area contributed by atoms with Gasteiger partial charge < -0.3 is 10.5 Å². The zero-order chi connectivity index (χ0) is 13.4. The van der Waals surface area contributed by atoms with E-state index in [1.165, 1.54) is 25.7 Å². The maximum absolute atomic E-state index is 8.93. The number of ether oxygens (including phenoxy) is 1. The van der Waals surface area contributed by atoms with Crippen LogP contribution >= 0.6 is 0 Å². The molecule has 0 aromatic heterocycles. The molecule has 1 fully saturated rings. The fourth-order valence-corrected chi connectivity index (χ4v) is 2.62. The quantitative estimate of drug-likeness (QED) is 0.708. The van der Waals surface area contributed by atoms with Gasteiger partial charge in [0.25, 0.3) is 0 Å². The Kier molecular flexibility index (Phi) is 6.67. The van der Waals surface area contributed by atoms with E-state index in [9.17, 15) is 0 Å². The van der Waals surface area contributed by atoms with Crippen LogP contribution in [0.3, 0.4) is 0 Å². The van der Waals surface area contributed by atoms with E-state index in [-0.39, 0.29) is 5.41 Å². The van der Waals surface area contributed by atoms with Crippen molar-refractivity contribution in [2.75, 3.05) is 13.2 Å². The molecule has 0 aromatic rings. The smallest absolute Gasteiger partial charge is 0.0683 e. The lowest BCUT2D eigenvalue weighted by molar-refractivity contribution is -0.00984. The van der Waals surface area contributed by atoms with Gasteiger partial charge in [0.2, 0.25) is 0 Å². The van der Waals surface area contributed by atoms with E-state index in [0.717, 1.165) is 32.4 Å². The van der Waals surface area contributed by atoms with Crippen molar-refractivity contribution in [3.05, 3.63) is 0 Å². The molecule has 104 valence electrons. The predicted molar refractivity (Wildman–Crippen MR) is 74.0 cm³/mol. The van der Waals surface area contributed by atoms with E-state index in [2.05, 4.69) is 6.07 Å². The molecule has 2 atom stereocenters. The molecule has 18 heavy (non-hydrogen) atoms. The van der Waals surface area contributed by atoms with Gasteiger partial charge in [0, 0.05) is 6.61 Å². The van der Waals surface area contributed by atoms with Crippen molar-refractivity contribution in [1.29, 1.82) is 5.26 Å². The average molecular weight is 252 g/mol. The predicted octanol–water partition coefficient (Wildman–Crippen LogP) is 3.24. The zero-order valence-electron chi connectivity index (χ0n) is 12.0. The molecule has 2 unspecified atom stereocenters. The van der Waals surface area contributed by atoms with Crippen molar-refractivity contribution in [2.24, 2.45) is 17.1 Å². The maximum Gasteiger partial charge on any atom is 0.0683 e. The number of nitrogens with zero attached hydrogens (tertiary/aromatic N) is 1. The first-order valence-electron chi connectivity index (χ1n) is 7.32. The van der Waals surface area contributed by atoms with E-state index in [1.54, 1.807) is 0 Å². The Morgan fingerprint density at radius 1 is 1.28 bits per heavy atom. The lowest BCUT2D eigenvalue weighted by atomic mass is 9.86. The average Bonchev–Trinajstić information content (AvgIpc) is 2.38. The van der Waals surface area contributed by atoms with Crippen molar-refractivity contribution in [1.82, 2.24) is 0 Å². The Bertz CT molecular complexity index is 270. The molecule has 0 heterocycles. The Morgan fingerprint density at radius 2 is 2.00 bits per heavy atom. The molecule has 0 amide bonds. The topological polar surface area (TPSA) is 59.0 Å². The third kappa shape index (κ3) is 5.37. The number of hydrogen-bond acceptors (Lipinski definition) is 3. The first kappa shape index (κ1) is 15.5. The summed E-state index contributed by atoms with van der Waals surface area (Å²) in [5.41, 5.74) is 5.59. The van der Waals surface area contributed by atoms with Crippen LogP contribution in [0.2, 0.25) is 0 Å². The van der Waals surface area contributed by atoms with Crippen molar-refractivity contribution < 1.29 is 4.74 Å². The van der Waals surface area contributed by atoms with Gasteiger partial charge in [-0.3, -0.25) is 0 Å². The first-order valence-corrected chi connectivity index (χ1v) is 7.32. The molecular formula is C15H28N2O. The number of unbranched alkanes of at least 4 members (excludes halogenated alkanes) is 1. The van der Waals surface area contributed by atoms with E-state index in [0.29, 0.717) is 12.0 Å². The maximum atomic E-state index is 8.93. The van der Waals surface area contributed by atoms with Crippen LogP contribution in [0.25, 0.3) is 0 Å². The third-order valence-electron chi connectivity index (χ3n) is 3.97. The highest BCUT2D eigenvalue weighted by molar-refractivity contribution is 4.91. The molecule has 3 heteroatoms. The van der Waals surface area contributed by atoms with Gasteiger partial charge in [-0.1, -0.05) is 12.8 Å². The van der Waals surface area contributed by atoms with Gasteiger partial charge in [-0.2, -0.15) is 5.26 Å². The zero-order valence-corrected chi connectivity index (χ0v) is 12.0. The Labute approximate surface area is 112 Å². The van der Waals surface area contributed by atoms with Crippen molar-refractivity contribution in [3.8, 4) is 6.07 Å². The Hall–Kier alpha value is -0.590. The van der Waals surface area contributed by atoms with E-state index < -0.39 is 0 Å². The minimum absolute atomic E-state index is 0.190. The van der Waals surface area contributed by atoms with Crippen molar-refractivity contribution in [2.45, 2.75) is 64.9 Å². The van der Waals surface area contributed by atoms with Gasteiger partial charge in [0.1, 0.15) is 0 Å². The molecule has 0 radical (unpaired) electrons. The minimum Gasteiger partial charge on any atom is -0.378 e.